The van der Waals surface area contributed by atoms with E-state index >= 15 is 0 Å². The number of carbonyl (C=O) groups excluding carboxylic acids is 1. The van der Waals surface area contributed by atoms with Crippen LogP contribution >= 0.6 is 11.3 Å². The summed E-state index contributed by atoms with van der Waals surface area (Å²) in [6.07, 6.45) is 5.21. The van der Waals surface area contributed by atoms with Gasteiger partial charge in [-0.15, -0.1) is 17.8 Å². The van der Waals surface area contributed by atoms with Crippen molar-refractivity contribution in [1.29, 1.82) is 0 Å². The zero-order valence-electron chi connectivity index (χ0n) is 10.8. The van der Waals surface area contributed by atoms with Gasteiger partial charge in [0.05, 0.1) is 24.7 Å². The lowest BCUT2D eigenvalue weighted by atomic mass is 10.2. The fraction of sp³-hybridized carbons (Fsp3) is 0.214. The van der Waals surface area contributed by atoms with Crippen molar-refractivity contribution in [2.75, 3.05) is 26.4 Å². The van der Waals surface area contributed by atoms with Crippen LogP contribution in [0.1, 0.15) is 9.67 Å². The van der Waals surface area contributed by atoms with Crippen LogP contribution in [0.4, 0.5) is 5.69 Å². The Kier molecular flexibility index (Phi) is 3.63. The maximum atomic E-state index is 12.2. The van der Waals surface area contributed by atoms with Crippen LogP contribution in [0.5, 0.6) is 5.75 Å². The van der Waals surface area contributed by atoms with Crippen LogP contribution in [0.25, 0.3) is 10.1 Å². The van der Waals surface area contributed by atoms with Crippen molar-refractivity contribution >= 4 is 33.0 Å². The van der Waals surface area contributed by atoms with E-state index in [0.29, 0.717) is 16.3 Å². The number of ether oxygens (including phenoxy) is 1. The minimum Gasteiger partial charge on any atom is -0.496 e. The number of rotatable bonds is 3. The molecule has 1 amide bonds. The Hall–Kier alpha value is -2.19. The molecule has 0 saturated heterocycles. The molecular formula is C14H14N2O2S. The molecule has 19 heavy (non-hydrogen) atoms. The first-order valence-corrected chi connectivity index (χ1v) is 6.45. The second kappa shape index (κ2) is 5.21. The first-order valence-electron chi connectivity index (χ1n) is 5.64. The van der Waals surface area contributed by atoms with Crippen molar-refractivity contribution in [3.05, 3.63) is 23.1 Å². The topological polar surface area (TPSA) is 55.6 Å². The Bertz CT molecular complexity index is 670. The van der Waals surface area contributed by atoms with Gasteiger partial charge in [-0.1, -0.05) is 12.0 Å². The average Bonchev–Trinajstić information content (AvgIpc) is 2.75. The molecule has 0 spiro atoms. The molecule has 5 heteroatoms. The largest absolute Gasteiger partial charge is 0.496 e. The summed E-state index contributed by atoms with van der Waals surface area (Å²) in [4.78, 5) is 14.2. The minimum absolute atomic E-state index is 0.168. The van der Waals surface area contributed by atoms with Crippen LogP contribution < -0.4 is 10.5 Å². The molecule has 0 aliphatic heterocycles. The molecule has 0 saturated carbocycles. The zero-order chi connectivity index (χ0) is 14.0. The summed E-state index contributed by atoms with van der Waals surface area (Å²) in [5, 5.41) is 0.785. The summed E-state index contributed by atoms with van der Waals surface area (Å²) >= 11 is 1.35. The third-order valence-electron chi connectivity index (χ3n) is 2.80. The quantitative estimate of drug-likeness (QED) is 0.873. The van der Waals surface area contributed by atoms with Crippen molar-refractivity contribution in [1.82, 2.24) is 4.90 Å². The number of methoxy groups -OCH3 is 1. The average molecular weight is 274 g/mol. The van der Waals surface area contributed by atoms with Gasteiger partial charge in [0.1, 0.15) is 10.6 Å². The molecule has 0 radical (unpaired) electrons. The SMILES string of the molecule is C#CCN(C)C(=O)c1sc2cccc(OC)c2c1N. The van der Waals surface area contributed by atoms with E-state index in [-0.39, 0.29) is 12.5 Å². The maximum absolute atomic E-state index is 12.2. The highest BCUT2D eigenvalue weighted by atomic mass is 32.1. The van der Waals surface area contributed by atoms with Gasteiger partial charge in [0, 0.05) is 11.7 Å². The van der Waals surface area contributed by atoms with E-state index in [1.165, 1.54) is 16.2 Å². The van der Waals surface area contributed by atoms with Gasteiger partial charge in [0.2, 0.25) is 0 Å². The predicted molar refractivity (Wildman–Crippen MR) is 78.6 cm³/mol. The molecule has 98 valence electrons. The molecule has 0 bridgehead atoms. The molecular weight excluding hydrogens is 260 g/mol. The monoisotopic (exact) mass is 274 g/mol. The van der Waals surface area contributed by atoms with Gasteiger partial charge in [0.25, 0.3) is 5.91 Å². The van der Waals surface area contributed by atoms with Crippen LogP contribution in [0.15, 0.2) is 18.2 Å². The van der Waals surface area contributed by atoms with Crippen LogP contribution in [0, 0.1) is 12.3 Å². The Labute approximate surface area is 115 Å². The van der Waals surface area contributed by atoms with E-state index in [1.54, 1.807) is 14.2 Å². The zero-order valence-corrected chi connectivity index (χ0v) is 11.6. The Morgan fingerprint density at radius 3 is 2.95 bits per heavy atom. The molecule has 0 atom stereocenters. The first kappa shape index (κ1) is 13.2. The highest BCUT2D eigenvalue weighted by molar-refractivity contribution is 7.21. The molecule has 1 aromatic heterocycles. The standard InChI is InChI=1S/C14H14N2O2S/c1-4-8-16(2)14(17)13-12(15)11-9(18-3)6-5-7-10(11)19-13/h1,5-7H,8,15H2,2-3H3. The highest BCUT2D eigenvalue weighted by Crippen LogP contribution is 2.39. The Morgan fingerprint density at radius 2 is 2.32 bits per heavy atom. The van der Waals surface area contributed by atoms with Gasteiger partial charge in [-0.05, 0) is 12.1 Å². The number of carbonyl (C=O) groups is 1. The van der Waals surface area contributed by atoms with Gasteiger partial charge < -0.3 is 15.4 Å². The van der Waals surface area contributed by atoms with Gasteiger partial charge in [0.15, 0.2) is 0 Å². The van der Waals surface area contributed by atoms with E-state index in [2.05, 4.69) is 5.92 Å². The van der Waals surface area contributed by atoms with Crippen LogP contribution in [-0.2, 0) is 0 Å². The summed E-state index contributed by atoms with van der Waals surface area (Å²) in [5.74, 6) is 2.94. The van der Waals surface area contributed by atoms with E-state index in [1.807, 2.05) is 18.2 Å². The molecule has 1 heterocycles. The normalized spacial score (nSPS) is 10.2. The molecule has 2 rings (SSSR count). The lowest BCUT2D eigenvalue weighted by Gasteiger charge is -2.12. The number of amides is 1. The third-order valence-corrected chi connectivity index (χ3v) is 3.96. The van der Waals surface area contributed by atoms with Crippen molar-refractivity contribution < 1.29 is 9.53 Å². The third kappa shape index (κ3) is 2.23. The summed E-state index contributed by atoms with van der Waals surface area (Å²) in [6, 6.07) is 5.61. The van der Waals surface area contributed by atoms with Crippen LogP contribution in [0.3, 0.4) is 0 Å². The Balaban J connectivity index is 2.55. The van der Waals surface area contributed by atoms with Crippen molar-refractivity contribution in [2.24, 2.45) is 0 Å². The first-order chi connectivity index (χ1) is 9.10. The molecule has 0 aliphatic carbocycles. The number of terminal acetylenes is 1. The summed E-state index contributed by atoms with van der Waals surface area (Å²) < 4.78 is 6.20. The van der Waals surface area contributed by atoms with E-state index in [0.717, 1.165) is 10.1 Å². The van der Waals surface area contributed by atoms with E-state index < -0.39 is 0 Å². The number of hydrogen-bond acceptors (Lipinski definition) is 4. The molecule has 1 aromatic carbocycles. The summed E-state index contributed by atoms with van der Waals surface area (Å²) in [5.41, 5.74) is 6.53. The molecule has 2 aromatic rings. The van der Waals surface area contributed by atoms with Crippen molar-refractivity contribution in [2.45, 2.75) is 0 Å². The molecule has 4 nitrogen and oxygen atoms in total. The number of nitrogens with two attached hydrogens (primary N) is 1. The van der Waals surface area contributed by atoms with Gasteiger partial charge in [-0.3, -0.25) is 4.79 Å². The maximum Gasteiger partial charge on any atom is 0.266 e. The number of hydrogen-bond donors (Lipinski definition) is 1. The minimum atomic E-state index is -0.168. The van der Waals surface area contributed by atoms with Gasteiger partial charge >= 0.3 is 0 Å². The number of fused-ring (bicyclic) bond motifs is 1. The number of thiophene rings is 1. The van der Waals surface area contributed by atoms with Crippen LogP contribution in [0.2, 0.25) is 0 Å². The van der Waals surface area contributed by atoms with Crippen molar-refractivity contribution in [3.8, 4) is 18.1 Å². The van der Waals surface area contributed by atoms with E-state index in [4.69, 9.17) is 16.9 Å². The fourth-order valence-corrected chi connectivity index (χ4v) is 2.99. The highest BCUT2D eigenvalue weighted by Gasteiger charge is 2.21. The number of benzene rings is 1. The molecule has 0 unspecified atom stereocenters. The molecule has 0 fully saturated rings. The summed E-state index contributed by atoms with van der Waals surface area (Å²) in [6.45, 7) is 0.254. The lowest BCUT2D eigenvalue weighted by Crippen LogP contribution is -2.26. The number of nitrogens with zero attached hydrogens (tertiary/aromatic N) is 1. The second-order valence-electron chi connectivity index (χ2n) is 4.04. The van der Waals surface area contributed by atoms with Gasteiger partial charge in [-0.25, -0.2) is 0 Å². The van der Waals surface area contributed by atoms with E-state index in [9.17, 15) is 4.79 Å². The second-order valence-corrected chi connectivity index (χ2v) is 5.10. The predicted octanol–water partition coefficient (Wildman–Crippen LogP) is 2.20. The fourth-order valence-electron chi connectivity index (χ4n) is 1.85. The molecule has 2 N–H and O–H groups in total. The van der Waals surface area contributed by atoms with Crippen LogP contribution in [-0.4, -0.2) is 31.5 Å². The number of anilines is 1. The number of nitrogen functional groups attached to an aromatic ring is 1. The summed E-state index contributed by atoms with van der Waals surface area (Å²) in [7, 11) is 3.24. The molecule has 0 aliphatic rings. The van der Waals surface area contributed by atoms with Gasteiger partial charge in [-0.2, -0.15) is 0 Å². The lowest BCUT2D eigenvalue weighted by molar-refractivity contribution is 0.0818. The Morgan fingerprint density at radius 1 is 1.58 bits per heavy atom. The smallest absolute Gasteiger partial charge is 0.266 e. The van der Waals surface area contributed by atoms with Crippen molar-refractivity contribution in [3.63, 3.8) is 0 Å².